The molecular formula is C63H95IO11SSi3. The Bertz CT molecular complexity index is 2450. The van der Waals surface area contributed by atoms with Gasteiger partial charge in [0, 0.05) is 54.6 Å². The van der Waals surface area contributed by atoms with Gasteiger partial charge in [-0.3, -0.25) is 0 Å². The molecule has 0 bridgehead atoms. The highest BCUT2D eigenvalue weighted by Crippen LogP contribution is 2.46. The molecule has 3 aliphatic rings. The molecule has 0 amide bonds. The molecule has 2 saturated heterocycles. The smallest absolute Gasteiger partial charge is 0.342 e. The van der Waals surface area contributed by atoms with Crippen LogP contribution in [0.5, 0.6) is 17.2 Å². The second-order valence-corrected chi connectivity index (χ2v) is 41.8. The van der Waals surface area contributed by atoms with Crippen molar-refractivity contribution in [2.75, 3.05) is 38.3 Å². The minimum absolute atomic E-state index is 0.00703. The number of rotatable bonds is 22. The topological polar surface area (TPSA) is 109 Å². The minimum atomic E-state index is -2.66. The van der Waals surface area contributed by atoms with Crippen LogP contribution in [-0.2, 0) is 38.3 Å². The van der Waals surface area contributed by atoms with Gasteiger partial charge in [0.05, 0.1) is 24.9 Å². The Balaban J connectivity index is 0.000000275. The van der Waals surface area contributed by atoms with E-state index in [0.29, 0.717) is 46.8 Å². The number of methoxy groups -OCH3 is 1. The molecule has 2 fully saturated rings. The number of halogens is 1. The quantitative estimate of drug-likeness (QED) is 0.0142. The normalized spacial score (nSPS) is 19.4. The number of ether oxygens (including phenoxy) is 8. The van der Waals surface area contributed by atoms with Gasteiger partial charge in [0.25, 0.3) is 8.32 Å². The summed E-state index contributed by atoms with van der Waals surface area (Å²) >= 11 is 4.04. The SMILES string of the molecule is CC1CCCO1.COCOc1cc2c(c(CSc3ccccc3)c1C(=O)OCC[Si](C)(C)C)OCO2.C[C@H](/C=C\C(O[Si](C)(C)C(C)(C)C)[C@H]1OC(C)(C)O[C@H]1CCI)[C@@H](C)O[Si](c1ccccc1)(c1ccccc1)C(C)(C)C. The molecule has 6 atom stereocenters. The largest absolute Gasteiger partial charge is 0.466 e. The summed E-state index contributed by atoms with van der Waals surface area (Å²) in [4.78, 5) is 14.2. The number of alkyl halides is 1. The van der Waals surface area contributed by atoms with Crippen LogP contribution >= 0.6 is 34.4 Å². The number of thioether (sulfide) groups is 1. The lowest BCUT2D eigenvalue weighted by atomic mass is 10.0. The van der Waals surface area contributed by atoms with E-state index in [0.717, 1.165) is 28.4 Å². The van der Waals surface area contributed by atoms with Crippen LogP contribution in [0.25, 0.3) is 0 Å². The first-order valence-electron chi connectivity index (χ1n) is 28.2. The van der Waals surface area contributed by atoms with Crippen molar-refractivity contribution in [2.24, 2.45) is 5.92 Å². The first-order valence-corrected chi connectivity index (χ1v) is 39.3. The number of carbonyl (C=O) groups is 1. The van der Waals surface area contributed by atoms with E-state index in [4.69, 9.17) is 46.7 Å². The number of fused-ring (bicyclic) bond motifs is 1. The molecule has 79 heavy (non-hydrogen) atoms. The molecule has 7 rings (SSSR count). The van der Waals surface area contributed by atoms with Crippen LogP contribution < -0.4 is 24.6 Å². The lowest BCUT2D eigenvalue weighted by Gasteiger charge is -2.45. The van der Waals surface area contributed by atoms with E-state index in [1.54, 1.807) is 17.8 Å². The zero-order valence-corrected chi connectivity index (χ0v) is 56.7. The first kappa shape index (κ1) is 66.8. The monoisotopic (exact) mass is 1270 g/mol. The van der Waals surface area contributed by atoms with Crippen molar-refractivity contribution >= 4 is 75.4 Å². The van der Waals surface area contributed by atoms with Gasteiger partial charge in [-0.1, -0.05) is 182 Å². The maximum atomic E-state index is 13.1. The molecule has 438 valence electrons. The third-order valence-electron chi connectivity index (χ3n) is 14.9. The number of carbonyl (C=O) groups excluding carboxylic acids is 1. The van der Waals surface area contributed by atoms with Crippen LogP contribution in [0.2, 0.25) is 48.9 Å². The van der Waals surface area contributed by atoms with E-state index >= 15 is 0 Å². The average molecular weight is 1270 g/mol. The van der Waals surface area contributed by atoms with Crippen molar-refractivity contribution in [3.63, 3.8) is 0 Å². The summed E-state index contributed by atoms with van der Waals surface area (Å²) in [7, 11) is -4.56. The van der Waals surface area contributed by atoms with Crippen molar-refractivity contribution in [1.82, 2.24) is 0 Å². The fraction of sp³-hybridized carbons (Fsp3) is 0.571. The maximum Gasteiger partial charge on any atom is 0.342 e. The van der Waals surface area contributed by atoms with Gasteiger partial charge in [-0.15, -0.1) is 11.8 Å². The van der Waals surface area contributed by atoms with Crippen molar-refractivity contribution in [1.29, 1.82) is 0 Å². The fourth-order valence-electron chi connectivity index (χ4n) is 9.34. The van der Waals surface area contributed by atoms with E-state index in [1.807, 2.05) is 44.2 Å². The maximum absolute atomic E-state index is 13.1. The summed E-state index contributed by atoms with van der Waals surface area (Å²) in [6.07, 6.45) is 8.19. The standard InChI is InChI=1S/C36H57IO4Si2.C22H28O6SSi.C5H10O/c1-27(23-24-32(41-42(11,12)34(3,4)5)33-31(25-26-37)38-36(9,10)39-33)28(2)40-43(35(6,7)8,29-19-15-13-16-20-29)30-21-17-14-18-22-30;1-24-14-26-18-12-19-21(28-15-27-19)17(13-29-16-8-6-5-7-9-16)20(18)22(23)25-10-11-30(2,3)4;1-5-3-2-4-6-5/h13-24,27-28,31-33H,25-26H2,1-12H3;5-9,12H,10-11,13-15H2,1-4H3;5H,2-4H2,1H3/b24-23-;;/t27-,28-,31+,32?,33+;;/m1../s1. The predicted molar refractivity (Wildman–Crippen MR) is 340 cm³/mol. The third-order valence-corrected chi connectivity index (χ3v) is 27.9. The summed E-state index contributed by atoms with van der Waals surface area (Å²) in [6, 6.07) is 34.3. The van der Waals surface area contributed by atoms with Gasteiger partial charge in [-0.05, 0) is 105 Å². The molecule has 4 aromatic rings. The van der Waals surface area contributed by atoms with E-state index in [2.05, 4.69) is 190 Å². The van der Waals surface area contributed by atoms with Crippen LogP contribution in [0.3, 0.4) is 0 Å². The van der Waals surface area contributed by atoms with E-state index in [-0.39, 0.29) is 54.0 Å². The summed E-state index contributed by atoms with van der Waals surface area (Å²) in [5, 5.41) is 2.61. The van der Waals surface area contributed by atoms with Crippen molar-refractivity contribution in [3.05, 3.63) is 120 Å². The Hall–Kier alpha value is -3.02. The zero-order chi connectivity index (χ0) is 58.2. The van der Waals surface area contributed by atoms with Crippen LogP contribution in [-0.4, -0.2) is 105 Å². The predicted octanol–water partition coefficient (Wildman–Crippen LogP) is 15.2. The molecule has 0 aromatic heterocycles. The molecular weight excluding hydrogens is 1180 g/mol. The van der Waals surface area contributed by atoms with E-state index in [9.17, 15) is 4.79 Å². The van der Waals surface area contributed by atoms with Gasteiger partial charge >= 0.3 is 5.97 Å². The van der Waals surface area contributed by atoms with Gasteiger partial charge in [-0.2, -0.15) is 0 Å². The average Bonchev–Trinajstić information content (AvgIpc) is 4.23. The Morgan fingerprint density at radius 2 is 1.44 bits per heavy atom. The molecule has 3 aliphatic heterocycles. The molecule has 2 unspecified atom stereocenters. The van der Waals surface area contributed by atoms with E-state index in [1.165, 1.54) is 30.3 Å². The van der Waals surface area contributed by atoms with Crippen molar-refractivity contribution in [2.45, 2.75) is 191 Å². The van der Waals surface area contributed by atoms with Crippen LogP contribution in [0, 0.1) is 5.92 Å². The molecule has 0 saturated carbocycles. The van der Waals surface area contributed by atoms with Crippen LogP contribution in [0.1, 0.15) is 111 Å². The van der Waals surface area contributed by atoms with Gasteiger partial charge in [0.1, 0.15) is 17.4 Å². The van der Waals surface area contributed by atoms with Gasteiger partial charge in [0.15, 0.2) is 32.4 Å². The number of hydrogen-bond acceptors (Lipinski definition) is 12. The second-order valence-electron chi connectivity index (χ2n) is 25.1. The molecule has 0 radical (unpaired) electrons. The van der Waals surface area contributed by atoms with Gasteiger partial charge in [-0.25, -0.2) is 4.79 Å². The minimum Gasteiger partial charge on any atom is -0.466 e. The van der Waals surface area contributed by atoms with Crippen molar-refractivity contribution < 1.29 is 51.5 Å². The summed E-state index contributed by atoms with van der Waals surface area (Å²) < 4.78 is 61.3. The summed E-state index contributed by atoms with van der Waals surface area (Å²) in [5.74, 6) is 1.13. The Kier molecular flexibility index (Phi) is 25.3. The Labute approximate surface area is 496 Å². The van der Waals surface area contributed by atoms with Gasteiger partial charge < -0.3 is 46.7 Å². The molecule has 4 aromatic carbocycles. The molecule has 11 nitrogen and oxygen atoms in total. The fourth-order valence-corrected chi connectivity index (χ4v) is 17.6. The highest BCUT2D eigenvalue weighted by molar-refractivity contribution is 14.1. The molecule has 0 N–H and O–H groups in total. The van der Waals surface area contributed by atoms with E-state index < -0.39 is 36.5 Å². The third kappa shape index (κ3) is 19.3. The highest BCUT2D eigenvalue weighted by Gasteiger charge is 2.52. The number of esters is 1. The lowest BCUT2D eigenvalue weighted by Crippen LogP contribution is -2.67. The Morgan fingerprint density at radius 3 is 1.95 bits per heavy atom. The second kappa shape index (κ2) is 30.0. The molecule has 16 heteroatoms. The summed E-state index contributed by atoms with van der Waals surface area (Å²) in [5.41, 5.74) is 1.08. The van der Waals surface area contributed by atoms with Gasteiger partial charge in [0.2, 0.25) is 6.79 Å². The zero-order valence-electron chi connectivity index (χ0n) is 50.7. The number of benzene rings is 4. The summed E-state index contributed by atoms with van der Waals surface area (Å²) in [6.45, 7) is 37.4. The highest BCUT2D eigenvalue weighted by atomic mass is 127. The number of hydrogen-bond donors (Lipinski definition) is 0. The Morgan fingerprint density at radius 1 is 0.835 bits per heavy atom. The molecule has 3 heterocycles. The lowest BCUT2D eigenvalue weighted by molar-refractivity contribution is -0.152. The molecule has 0 aliphatic carbocycles. The van der Waals surface area contributed by atoms with Crippen molar-refractivity contribution in [3.8, 4) is 17.2 Å². The van der Waals surface area contributed by atoms with Crippen LogP contribution in [0.4, 0.5) is 0 Å². The molecule has 0 spiro atoms. The first-order chi connectivity index (χ1) is 37.1. The van der Waals surface area contributed by atoms with Crippen LogP contribution in [0.15, 0.2) is 114 Å².